The SMILES string of the molecule is Cc1cc(F)c(F)c(OCC(=O)[C@H](CC(=O)O)NC(=O)C2CCCCN(C(=O)c3ccccc3Cl)C2)c1F. The number of aliphatic carboxylic acids is 1. The zero-order valence-corrected chi connectivity index (χ0v) is 21.2. The second kappa shape index (κ2) is 12.8. The minimum atomic E-state index is -1.64. The van der Waals surface area contributed by atoms with E-state index in [0.29, 0.717) is 31.9 Å². The zero-order chi connectivity index (χ0) is 28.0. The molecule has 1 unspecified atom stereocenters. The molecule has 1 aliphatic heterocycles. The molecule has 2 N–H and O–H groups in total. The summed E-state index contributed by atoms with van der Waals surface area (Å²) in [7, 11) is 0. The molecule has 1 saturated heterocycles. The number of benzene rings is 2. The minimum Gasteiger partial charge on any atom is -0.481 e. The standard InChI is InChI=1S/C26H26ClF3N2O6/c1-14-10-18(28)23(30)24(22(14)29)38-13-20(33)19(11-21(34)35)31-25(36)15-6-4-5-9-32(12-15)26(37)16-7-2-3-8-17(16)27/h2-3,7-8,10,15,19H,4-6,9,11-13H2,1H3,(H,31,36)(H,34,35)/t15?,19-/m0/s1. The third-order valence-electron chi connectivity index (χ3n) is 6.17. The van der Waals surface area contributed by atoms with Crippen LogP contribution in [0.3, 0.4) is 0 Å². The van der Waals surface area contributed by atoms with Gasteiger partial charge in [0.2, 0.25) is 11.7 Å². The van der Waals surface area contributed by atoms with Crippen LogP contribution in [-0.4, -0.2) is 59.3 Å². The summed E-state index contributed by atoms with van der Waals surface area (Å²) in [6.45, 7) is 0.548. The number of carbonyl (C=O) groups excluding carboxylic acids is 3. The second-order valence-corrected chi connectivity index (χ2v) is 9.38. The molecule has 2 atom stereocenters. The van der Waals surface area contributed by atoms with Crippen molar-refractivity contribution in [3.63, 3.8) is 0 Å². The molecule has 0 bridgehead atoms. The fourth-order valence-corrected chi connectivity index (χ4v) is 4.34. The maximum absolute atomic E-state index is 14.2. The maximum Gasteiger partial charge on any atom is 0.305 e. The van der Waals surface area contributed by atoms with Crippen LogP contribution in [0.5, 0.6) is 5.75 Å². The highest BCUT2D eigenvalue weighted by Gasteiger charge is 2.32. The first-order valence-electron chi connectivity index (χ1n) is 11.8. The van der Waals surface area contributed by atoms with E-state index in [-0.39, 0.29) is 28.6 Å². The normalized spacial score (nSPS) is 16.3. The van der Waals surface area contributed by atoms with Gasteiger partial charge in [-0.3, -0.25) is 19.2 Å². The number of hydrogen-bond donors (Lipinski definition) is 2. The summed E-state index contributed by atoms with van der Waals surface area (Å²) in [5.74, 6) is -9.54. The zero-order valence-electron chi connectivity index (χ0n) is 20.4. The second-order valence-electron chi connectivity index (χ2n) is 8.97. The van der Waals surface area contributed by atoms with Gasteiger partial charge in [0, 0.05) is 13.1 Å². The van der Waals surface area contributed by atoms with Gasteiger partial charge in [-0.25, -0.2) is 8.78 Å². The topological polar surface area (TPSA) is 113 Å². The number of halogens is 4. The lowest BCUT2D eigenvalue weighted by Gasteiger charge is -2.26. The number of amides is 2. The van der Waals surface area contributed by atoms with Crippen molar-refractivity contribution in [1.82, 2.24) is 10.2 Å². The molecule has 0 aromatic heterocycles. The van der Waals surface area contributed by atoms with E-state index in [1.54, 1.807) is 24.3 Å². The van der Waals surface area contributed by atoms with Gasteiger partial charge < -0.3 is 20.1 Å². The van der Waals surface area contributed by atoms with Crippen LogP contribution in [0.1, 0.15) is 41.6 Å². The first-order valence-corrected chi connectivity index (χ1v) is 12.2. The fraction of sp³-hybridized carbons (Fsp3) is 0.385. The molecule has 38 heavy (non-hydrogen) atoms. The van der Waals surface area contributed by atoms with Gasteiger partial charge in [0.1, 0.15) is 12.6 Å². The highest BCUT2D eigenvalue weighted by Crippen LogP contribution is 2.27. The third kappa shape index (κ3) is 7.03. The summed E-state index contributed by atoms with van der Waals surface area (Å²) in [4.78, 5) is 51.6. The van der Waals surface area contributed by atoms with Crippen molar-refractivity contribution in [1.29, 1.82) is 0 Å². The Kier molecular flexibility index (Phi) is 9.73. The molecule has 2 aromatic carbocycles. The number of rotatable bonds is 9. The van der Waals surface area contributed by atoms with E-state index in [1.165, 1.54) is 11.8 Å². The Labute approximate surface area is 221 Å². The molecule has 2 aromatic rings. The maximum atomic E-state index is 14.2. The fourth-order valence-electron chi connectivity index (χ4n) is 4.13. The third-order valence-corrected chi connectivity index (χ3v) is 6.50. The highest BCUT2D eigenvalue weighted by atomic mass is 35.5. The van der Waals surface area contributed by atoms with Gasteiger partial charge >= 0.3 is 5.97 Å². The molecule has 12 heteroatoms. The molecule has 0 aliphatic carbocycles. The number of nitrogens with zero attached hydrogens (tertiary/aromatic N) is 1. The first kappa shape index (κ1) is 29.0. The number of ketones is 1. The van der Waals surface area contributed by atoms with Crippen molar-refractivity contribution in [3.05, 3.63) is 63.9 Å². The summed E-state index contributed by atoms with van der Waals surface area (Å²) < 4.78 is 46.7. The Bertz CT molecular complexity index is 1220. The van der Waals surface area contributed by atoms with Crippen molar-refractivity contribution >= 4 is 35.2 Å². The van der Waals surface area contributed by atoms with Crippen molar-refractivity contribution in [2.45, 2.75) is 38.6 Å². The van der Waals surface area contributed by atoms with Crippen LogP contribution < -0.4 is 10.1 Å². The van der Waals surface area contributed by atoms with Gasteiger partial charge in [0.25, 0.3) is 5.91 Å². The molecule has 0 radical (unpaired) electrons. The van der Waals surface area contributed by atoms with Crippen LogP contribution in [-0.2, 0) is 14.4 Å². The van der Waals surface area contributed by atoms with Crippen LogP contribution in [0, 0.1) is 30.3 Å². The largest absolute Gasteiger partial charge is 0.481 e. The number of likely N-dealkylation sites (tertiary alicyclic amines) is 1. The van der Waals surface area contributed by atoms with Gasteiger partial charge in [-0.15, -0.1) is 0 Å². The molecule has 0 saturated carbocycles. The lowest BCUT2D eigenvalue weighted by atomic mass is 10.0. The lowest BCUT2D eigenvalue weighted by Crippen LogP contribution is -2.48. The van der Waals surface area contributed by atoms with E-state index in [1.807, 2.05) is 0 Å². The molecule has 1 aliphatic rings. The first-order chi connectivity index (χ1) is 18.0. The summed E-state index contributed by atoms with van der Waals surface area (Å²) >= 11 is 6.14. The molecule has 2 amide bonds. The van der Waals surface area contributed by atoms with Gasteiger partial charge in [-0.05, 0) is 43.5 Å². The van der Waals surface area contributed by atoms with Crippen LogP contribution in [0.25, 0.3) is 0 Å². The Morgan fingerprint density at radius 1 is 1.16 bits per heavy atom. The van der Waals surface area contributed by atoms with Crippen LogP contribution in [0.15, 0.2) is 30.3 Å². The molecule has 0 spiro atoms. The van der Waals surface area contributed by atoms with Crippen LogP contribution in [0.2, 0.25) is 5.02 Å². The molecular weight excluding hydrogens is 529 g/mol. The molecule has 1 heterocycles. The Balaban J connectivity index is 1.71. The summed E-state index contributed by atoms with van der Waals surface area (Å²) in [6.07, 6.45) is 0.773. The molecule has 1 fully saturated rings. The van der Waals surface area contributed by atoms with Crippen molar-refractivity contribution in [3.8, 4) is 5.75 Å². The number of carbonyl (C=O) groups is 4. The van der Waals surface area contributed by atoms with E-state index in [2.05, 4.69) is 5.32 Å². The Hall–Kier alpha value is -3.60. The number of hydrogen-bond acceptors (Lipinski definition) is 5. The lowest BCUT2D eigenvalue weighted by molar-refractivity contribution is -0.141. The summed E-state index contributed by atoms with van der Waals surface area (Å²) in [5.41, 5.74) is 0.0179. The number of Topliss-reactive ketones (excluding diaryl/α,β-unsaturated/α-hetero) is 1. The van der Waals surface area contributed by atoms with Crippen molar-refractivity contribution < 1.29 is 42.2 Å². The van der Waals surface area contributed by atoms with Crippen LogP contribution in [0.4, 0.5) is 13.2 Å². The highest BCUT2D eigenvalue weighted by molar-refractivity contribution is 6.33. The molecular formula is C26H26ClF3N2O6. The van der Waals surface area contributed by atoms with Crippen molar-refractivity contribution in [2.24, 2.45) is 5.92 Å². The smallest absolute Gasteiger partial charge is 0.305 e. The average molecular weight is 555 g/mol. The van der Waals surface area contributed by atoms with Crippen molar-refractivity contribution in [2.75, 3.05) is 19.7 Å². The molecule has 8 nitrogen and oxygen atoms in total. The van der Waals surface area contributed by atoms with E-state index >= 15 is 0 Å². The van der Waals surface area contributed by atoms with Gasteiger partial charge in [0.05, 0.1) is 22.9 Å². The molecule has 204 valence electrons. The molecule has 3 rings (SSSR count). The average Bonchev–Trinajstić information content (AvgIpc) is 3.13. The number of nitrogens with one attached hydrogen (secondary N) is 1. The summed E-state index contributed by atoms with van der Waals surface area (Å²) in [6, 6.07) is 5.52. The summed E-state index contributed by atoms with van der Waals surface area (Å²) in [5, 5.41) is 11.9. The van der Waals surface area contributed by atoms with Crippen LogP contribution >= 0.6 is 11.6 Å². The Morgan fingerprint density at radius 3 is 2.55 bits per heavy atom. The van der Waals surface area contributed by atoms with Gasteiger partial charge in [-0.2, -0.15) is 4.39 Å². The number of carboxylic acids is 1. The predicted octanol–water partition coefficient (Wildman–Crippen LogP) is 3.92. The quantitative estimate of drug-likeness (QED) is 0.454. The monoisotopic (exact) mass is 554 g/mol. The number of carboxylic acid groups (broad SMARTS) is 1. The predicted molar refractivity (Wildman–Crippen MR) is 130 cm³/mol. The van der Waals surface area contributed by atoms with E-state index in [4.69, 9.17) is 16.3 Å². The number of ether oxygens (including phenoxy) is 1. The van der Waals surface area contributed by atoms with E-state index in [0.717, 1.165) is 0 Å². The van der Waals surface area contributed by atoms with Gasteiger partial charge in [-0.1, -0.05) is 30.2 Å². The minimum absolute atomic E-state index is 0.0133. The van der Waals surface area contributed by atoms with Gasteiger partial charge in [0.15, 0.2) is 23.2 Å². The Morgan fingerprint density at radius 2 is 1.87 bits per heavy atom. The number of aryl methyl sites for hydroxylation is 1. The van der Waals surface area contributed by atoms with E-state index in [9.17, 15) is 37.5 Å². The van der Waals surface area contributed by atoms with E-state index < -0.39 is 65.8 Å².